The van der Waals surface area contributed by atoms with E-state index in [4.69, 9.17) is 4.74 Å². The largest absolute Gasteiger partial charge is 0.383 e. The predicted molar refractivity (Wildman–Crippen MR) is 96.0 cm³/mol. The van der Waals surface area contributed by atoms with Crippen LogP contribution in [0.25, 0.3) is 5.52 Å². The quantitative estimate of drug-likeness (QED) is 0.487. The summed E-state index contributed by atoms with van der Waals surface area (Å²) in [5.74, 6) is 0.507. The summed E-state index contributed by atoms with van der Waals surface area (Å²) in [7, 11) is 1.69. The van der Waals surface area contributed by atoms with E-state index in [2.05, 4.69) is 9.55 Å². The van der Waals surface area contributed by atoms with E-state index in [1.165, 1.54) is 11.8 Å². The van der Waals surface area contributed by atoms with Crippen molar-refractivity contribution < 1.29 is 9.53 Å². The summed E-state index contributed by atoms with van der Waals surface area (Å²) in [6.07, 6.45) is 3.79. The number of rotatable bonds is 7. The summed E-state index contributed by atoms with van der Waals surface area (Å²) < 4.78 is 9.27. The number of ketones is 1. The van der Waals surface area contributed by atoms with Crippen LogP contribution in [-0.2, 0) is 11.3 Å². The molecule has 0 unspecified atom stereocenters. The van der Waals surface area contributed by atoms with Crippen molar-refractivity contribution in [3.05, 3.63) is 53.6 Å². The molecule has 0 atom stereocenters. The third-order valence-electron chi connectivity index (χ3n) is 4.13. The zero-order valence-corrected chi connectivity index (χ0v) is 15.0. The summed E-state index contributed by atoms with van der Waals surface area (Å²) in [6, 6.07) is 7.91. The lowest BCUT2D eigenvalue weighted by molar-refractivity contribution is 0.102. The Hall–Kier alpha value is -2.05. The monoisotopic (exact) mass is 343 g/mol. The first-order valence-corrected chi connectivity index (χ1v) is 8.84. The van der Waals surface area contributed by atoms with Crippen molar-refractivity contribution in [3.8, 4) is 0 Å². The molecular formula is C18H21N3O2S. The highest BCUT2D eigenvalue weighted by atomic mass is 32.2. The van der Waals surface area contributed by atoms with Crippen LogP contribution in [-0.4, -0.2) is 39.2 Å². The fourth-order valence-corrected chi connectivity index (χ4v) is 3.69. The number of methoxy groups -OCH3 is 1. The molecule has 0 spiro atoms. The molecule has 0 fully saturated rings. The Bertz CT molecular complexity index is 866. The van der Waals surface area contributed by atoms with Gasteiger partial charge in [-0.2, -0.15) is 0 Å². The fourth-order valence-electron chi connectivity index (χ4n) is 2.84. The number of thioether (sulfide) groups is 1. The van der Waals surface area contributed by atoms with Gasteiger partial charge in [0.1, 0.15) is 0 Å². The number of fused-ring (bicyclic) bond motifs is 1. The highest BCUT2D eigenvalue weighted by Crippen LogP contribution is 2.22. The molecule has 5 nitrogen and oxygen atoms in total. The van der Waals surface area contributed by atoms with Crippen LogP contribution in [0.4, 0.5) is 0 Å². The SMILES string of the molecule is COCCn1c(C)cc(C(=O)CSc2ncc3ccccn23)c1C. The highest BCUT2D eigenvalue weighted by Gasteiger charge is 2.16. The van der Waals surface area contributed by atoms with Crippen molar-refractivity contribution >= 4 is 23.1 Å². The number of ether oxygens (including phenoxy) is 1. The van der Waals surface area contributed by atoms with Gasteiger partial charge in [-0.25, -0.2) is 4.98 Å². The van der Waals surface area contributed by atoms with Crippen molar-refractivity contribution in [2.24, 2.45) is 0 Å². The van der Waals surface area contributed by atoms with Crippen molar-refractivity contribution in [3.63, 3.8) is 0 Å². The van der Waals surface area contributed by atoms with Gasteiger partial charge in [-0.15, -0.1) is 0 Å². The van der Waals surface area contributed by atoms with Crippen LogP contribution in [0.2, 0.25) is 0 Å². The van der Waals surface area contributed by atoms with Gasteiger partial charge in [0.2, 0.25) is 0 Å². The smallest absolute Gasteiger partial charge is 0.175 e. The minimum absolute atomic E-state index is 0.129. The van der Waals surface area contributed by atoms with E-state index in [9.17, 15) is 4.79 Å². The van der Waals surface area contributed by atoms with Crippen LogP contribution in [0.15, 0.2) is 41.8 Å². The van der Waals surface area contributed by atoms with Gasteiger partial charge >= 0.3 is 0 Å². The number of nitrogens with zero attached hydrogens (tertiary/aromatic N) is 3. The molecule has 0 saturated heterocycles. The summed E-state index contributed by atoms with van der Waals surface area (Å²) in [5.41, 5.74) is 3.91. The number of Topliss-reactive ketones (excluding diaryl/α,β-unsaturated/α-hetero) is 1. The molecule has 3 aromatic rings. The molecule has 0 aromatic carbocycles. The van der Waals surface area contributed by atoms with Gasteiger partial charge in [-0.1, -0.05) is 17.8 Å². The number of hydrogen-bond acceptors (Lipinski definition) is 4. The van der Waals surface area contributed by atoms with Gasteiger partial charge in [0.05, 0.1) is 24.1 Å². The second kappa shape index (κ2) is 7.23. The van der Waals surface area contributed by atoms with Crippen molar-refractivity contribution in [2.45, 2.75) is 25.5 Å². The molecular weight excluding hydrogens is 322 g/mol. The number of imidazole rings is 1. The second-order valence-corrected chi connectivity index (χ2v) is 6.62. The number of pyridine rings is 1. The summed E-state index contributed by atoms with van der Waals surface area (Å²) in [6.45, 7) is 5.42. The van der Waals surface area contributed by atoms with Gasteiger partial charge in [0, 0.05) is 36.8 Å². The molecule has 0 amide bonds. The van der Waals surface area contributed by atoms with Crippen molar-refractivity contribution in [2.75, 3.05) is 19.5 Å². The maximum atomic E-state index is 12.6. The lowest BCUT2D eigenvalue weighted by Gasteiger charge is -2.08. The van der Waals surface area contributed by atoms with E-state index < -0.39 is 0 Å². The summed E-state index contributed by atoms with van der Waals surface area (Å²) in [5, 5.41) is 0.840. The van der Waals surface area contributed by atoms with E-state index in [1.807, 2.05) is 54.9 Å². The van der Waals surface area contributed by atoms with Crippen molar-refractivity contribution in [1.82, 2.24) is 14.0 Å². The number of carbonyl (C=O) groups excluding carboxylic acids is 1. The average molecular weight is 343 g/mol. The number of aryl methyl sites for hydroxylation is 1. The van der Waals surface area contributed by atoms with E-state index >= 15 is 0 Å². The molecule has 3 aromatic heterocycles. The zero-order valence-electron chi connectivity index (χ0n) is 14.2. The Balaban J connectivity index is 1.73. The highest BCUT2D eigenvalue weighted by molar-refractivity contribution is 7.99. The molecule has 126 valence electrons. The van der Waals surface area contributed by atoms with Crippen LogP contribution < -0.4 is 0 Å². The molecule has 3 heterocycles. The Morgan fingerprint density at radius 2 is 2.17 bits per heavy atom. The molecule has 0 N–H and O–H groups in total. The maximum Gasteiger partial charge on any atom is 0.175 e. The second-order valence-electron chi connectivity index (χ2n) is 5.68. The molecule has 0 bridgehead atoms. The Kier molecular flexibility index (Phi) is 5.06. The standard InChI is InChI=1S/C18H21N3O2S/c1-13-10-16(14(2)20(13)8-9-23-3)17(22)12-24-18-19-11-15-6-4-5-7-21(15)18/h4-7,10-11H,8-9,12H2,1-3H3. The van der Waals surface area contributed by atoms with Gasteiger partial charge in [-0.05, 0) is 32.0 Å². The van der Waals surface area contributed by atoms with Gasteiger partial charge < -0.3 is 9.30 Å². The summed E-state index contributed by atoms with van der Waals surface area (Å²) >= 11 is 1.47. The predicted octanol–water partition coefficient (Wildman–Crippen LogP) is 3.37. The first-order chi connectivity index (χ1) is 11.6. The zero-order chi connectivity index (χ0) is 17.1. The first-order valence-electron chi connectivity index (χ1n) is 7.85. The normalized spacial score (nSPS) is 11.3. The Labute approximate surface area is 145 Å². The fraction of sp³-hybridized carbons (Fsp3) is 0.333. The van der Waals surface area contributed by atoms with Crippen LogP contribution in [0.3, 0.4) is 0 Å². The molecule has 0 aliphatic carbocycles. The average Bonchev–Trinajstić information content (AvgIpc) is 3.12. The number of carbonyl (C=O) groups is 1. The van der Waals surface area contributed by atoms with Crippen LogP contribution in [0.1, 0.15) is 21.7 Å². The van der Waals surface area contributed by atoms with Gasteiger partial charge in [0.15, 0.2) is 10.9 Å². The van der Waals surface area contributed by atoms with Crippen molar-refractivity contribution in [1.29, 1.82) is 0 Å². The minimum atomic E-state index is 0.129. The van der Waals surface area contributed by atoms with E-state index in [1.54, 1.807) is 7.11 Å². The van der Waals surface area contributed by atoms with E-state index in [0.29, 0.717) is 12.4 Å². The topological polar surface area (TPSA) is 48.5 Å². The Morgan fingerprint density at radius 3 is 2.96 bits per heavy atom. The van der Waals surface area contributed by atoms with Crippen LogP contribution in [0, 0.1) is 13.8 Å². The lowest BCUT2D eigenvalue weighted by atomic mass is 10.2. The molecule has 0 saturated carbocycles. The third-order valence-corrected chi connectivity index (χ3v) is 5.10. The van der Waals surface area contributed by atoms with E-state index in [0.717, 1.165) is 34.2 Å². The van der Waals surface area contributed by atoms with Gasteiger partial charge in [0.25, 0.3) is 0 Å². The third kappa shape index (κ3) is 3.25. The minimum Gasteiger partial charge on any atom is -0.383 e. The lowest BCUT2D eigenvalue weighted by Crippen LogP contribution is -2.09. The molecule has 0 aliphatic heterocycles. The molecule has 3 rings (SSSR count). The summed E-state index contributed by atoms with van der Waals surface area (Å²) in [4.78, 5) is 17.0. The van der Waals surface area contributed by atoms with Gasteiger partial charge in [-0.3, -0.25) is 9.20 Å². The number of hydrogen-bond donors (Lipinski definition) is 0. The first kappa shape index (κ1) is 16.8. The van der Waals surface area contributed by atoms with Crippen LogP contribution >= 0.6 is 11.8 Å². The Morgan fingerprint density at radius 1 is 1.33 bits per heavy atom. The molecule has 0 radical (unpaired) electrons. The van der Waals surface area contributed by atoms with Crippen LogP contribution in [0.5, 0.6) is 0 Å². The molecule has 24 heavy (non-hydrogen) atoms. The van der Waals surface area contributed by atoms with E-state index in [-0.39, 0.29) is 5.78 Å². The maximum absolute atomic E-state index is 12.6. The molecule has 6 heteroatoms. The number of aromatic nitrogens is 3. The molecule has 0 aliphatic rings.